The van der Waals surface area contributed by atoms with Crippen LogP contribution in [0, 0.1) is 34.8 Å². The van der Waals surface area contributed by atoms with Crippen molar-refractivity contribution in [2.75, 3.05) is 11.1 Å². The number of benzene rings is 4. The molecule has 0 aromatic heterocycles. The largest absolute Gasteiger partial charge is 0.399 e. The highest BCUT2D eigenvalue weighted by Crippen LogP contribution is 2.18. The Morgan fingerprint density at radius 2 is 1.22 bits per heavy atom. The summed E-state index contributed by atoms with van der Waals surface area (Å²) in [7, 11) is 0. The molecule has 0 saturated carbocycles. The lowest BCUT2D eigenvalue weighted by Crippen LogP contribution is -2.12. The molecule has 0 aliphatic heterocycles. The van der Waals surface area contributed by atoms with E-state index >= 15 is 0 Å². The topological polar surface area (TPSA) is 72.2 Å². The van der Waals surface area contributed by atoms with Gasteiger partial charge in [0, 0.05) is 29.6 Å². The molecular formula is C30H29ClI2N2O2. The van der Waals surface area contributed by atoms with Crippen LogP contribution in [0.25, 0.3) is 0 Å². The lowest BCUT2D eigenvalue weighted by molar-refractivity contribution is 0.102. The third-order valence-electron chi connectivity index (χ3n) is 5.15. The average molecular weight is 739 g/mol. The summed E-state index contributed by atoms with van der Waals surface area (Å²) in [6.07, 6.45) is 0. The molecule has 3 N–H and O–H groups in total. The zero-order chi connectivity index (χ0) is 27.5. The first-order chi connectivity index (χ1) is 17.5. The molecule has 0 fully saturated rings. The lowest BCUT2D eigenvalue weighted by Gasteiger charge is -2.07. The number of halogens is 3. The van der Waals surface area contributed by atoms with Crippen molar-refractivity contribution < 1.29 is 9.59 Å². The molecular weight excluding hydrogens is 710 g/mol. The molecule has 37 heavy (non-hydrogen) atoms. The van der Waals surface area contributed by atoms with Crippen LogP contribution >= 0.6 is 56.8 Å². The van der Waals surface area contributed by atoms with Gasteiger partial charge in [0.1, 0.15) is 0 Å². The maximum absolute atomic E-state index is 12.0. The van der Waals surface area contributed by atoms with Gasteiger partial charge < -0.3 is 11.1 Å². The second-order valence-electron chi connectivity index (χ2n) is 8.44. The van der Waals surface area contributed by atoms with Crippen LogP contribution in [0.5, 0.6) is 0 Å². The number of nitrogens with two attached hydrogens (primary N) is 1. The highest BCUT2D eigenvalue weighted by molar-refractivity contribution is 14.1. The summed E-state index contributed by atoms with van der Waals surface area (Å²) in [5, 5.41) is 2.51. The maximum Gasteiger partial charge on any atom is 0.255 e. The third kappa shape index (κ3) is 10.8. The molecule has 4 rings (SSSR count). The van der Waals surface area contributed by atoms with Crippen molar-refractivity contribution in [2.24, 2.45) is 0 Å². The molecule has 1 amide bonds. The maximum atomic E-state index is 12.0. The Balaban J connectivity index is 0.000000214. The number of aryl methyl sites for hydroxylation is 4. The van der Waals surface area contributed by atoms with Crippen LogP contribution in [0.15, 0.2) is 84.9 Å². The van der Waals surface area contributed by atoms with Crippen LogP contribution in [0.1, 0.15) is 43.0 Å². The van der Waals surface area contributed by atoms with E-state index in [0.717, 1.165) is 26.1 Å². The number of anilines is 2. The van der Waals surface area contributed by atoms with Crippen LogP contribution < -0.4 is 11.1 Å². The van der Waals surface area contributed by atoms with Gasteiger partial charge in [-0.05, 0) is 138 Å². The molecule has 0 unspecified atom stereocenters. The Hall–Kier alpha value is -2.43. The standard InChI is InChI=1S/C15H14INO.C8H7ClO.C7H8IN/c1-10-4-3-5-12(8-10)15(18)17-13-7-6-11(2)14(16)9-13;1-6-3-2-4-7(5-6)8(9)10;1-5-2-3-6(9)4-7(5)8/h3-9H,1-2H3,(H,17,18);2-5H,1H3;2-4H,9H2,1H3. The van der Waals surface area contributed by atoms with Gasteiger partial charge >= 0.3 is 0 Å². The van der Waals surface area contributed by atoms with Gasteiger partial charge in [-0.15, -0.1) is 0 Å². The molecule has 4 aromatic carbocycles. The van der Waals surface area contributed by atoms with Gasteiger partial charge in [-0.3, -0.25) is 9.59 Å². The fourth-order valence-electron chi connectivity index (χ4n) is 3.04. The fourth-order valence-corrected chi connectivity index (χ4v) is 4.21. The Bertz CT molecular complexity index is 1390. The first kappa shape index (κ1) is 30.8. The highest BCUT2D eigenvalue weighted by Gasteiger charge is 2.06. The highest BCUT2D eigenvalue weighted by atomic mass is 127. The smallest absolute Gasteiger partial charge is 0.255 e. The number of amides is 1. The van der Waals surface area contributed by atoms with Gasteiger partial charge in [0.25, 0.3) is 11.1 Å². The number of carbonyl (C=O) groups is 2. The Morgan fingerprint density at radius 3 is 1.68 bits per heavy atom. The molecule has 192 valence electrons. The number of hydrogen-bond acceptors (Lipinski definition) is 3. The molecule has 0 aliphatic rings. The van der Waals surface area contributed by atoms with Crippen LogP contribution in [0.3, 0.4) is 0 Å². The van der Waals surface area contributed by atoms with Crippen LogP contribution in [-0.2, 0) is 0 Å². The van der Waals surface area contributed by atoms with E-state index in [4.69, 9.17) is 17.3 Å². The van der Waals surface area contributed by atoms with Crippen molar-refractivity contribution in [3.63, 3.8) is 0 Å². The number of carbonyl (C=O) groups excluding carboxylic acids is 2. The van der Waals surface area contributed by atoms with Crippen LogP contribution in [0.4, 0.5) is 11.4 Å². The van der Waals surface area contributed by atoms with E-state index in [1.807, 2.05) is 93.6 Å². The zero-order valence-electron chi connectivity index (χ0n) is 21.1. The summed E-state index contributed by atoms with van der Waals surface area (Å²) >= 11 is 9.77. The Labute approximate surface area is 251 Å². The Kier molecular flexibility index (Phi) is 12.6. The minimum atomic E-state index is -0.399. The normalized spacial score (nSPS) is 9.81. The van der Waals surface area contributed by atoms with E-state index in [1.54, 1.807) is 12.1 Å². The fraction of sp³-hybridized carbons (Fsp3) is 0.133. The number of hydrogen-bond donors (Lipinski definition) is 2. The summed E-state index contributed by atoms with van der Waals surface area (Å²) in [5.74, 6) is -0.0710. The zero-order valence-corrected chi connectivity index (χ0v) is 26.2. The third-order valence-corrected chi connectivity index (χ3v) is 7.69. The number of rotatable bonds is 3. The molecule has 0 radical (unpaired) electrons. The van der Waals surface area contributed by atoms with E-state index in [-0.39, 0.29) is 5.91 Å². The molecule has 0 atom stereocenters. The number of nitrogens with one attached hydrogen (secondary N) is 1. The lowest BCUT2D eigenvalue weighted by atomic mass is 10.1. The van der Waals surface area contributed by atoms with Gasteiger partial charge in [-0.1, -0.05) is 53.6 Å². The van der Waals surface area contributed by atoms with Crippen molar-refractivity contribution in [3.8, 4) is 0 Å². The van der Waals surface area contributed by atoms with E-state index < -0.39 is 5.24 Å². The van der Waals surface area contributed by atoms with Gasteiger partial charge in [-0.2, -0.15) is 0 Å². The average Bonchev–Trinajstić information content (AvgIpc) is 2.85. The molecule has 4 nitrogen and oxygen atoms in total. The summed E-state index contributed by atoms with van der Waals surface area (Å²) in [6, 6.07) is 26.6. The molecule has 4 aromatic rings. The molecule has 0 aliphatic carbocycles. The quantitative estimate of drug-likeness (QED) is 0.126. The minimum Gasteiger partial charge on any atom is -0.399 e. The van der Waals surface area contributed by atoms with Gasteiger partial charge in [0.2, 0.25) is 0 Å². The molecule has 0 bridgehead atoms. The summed E-state index contributed by atoms with van der Waals surface area (Å²) in [6.45, 7) is 8.02. The van der Waals surface area contributed by atoms with Gasteiger partial charge in [0.15, 0.2) is 0 Å². The molecule has 0 saturated heterocycles. The SMILES string of the molecule is Cc1ccc(N)cc1I.Cc1cccc(C(=O)Cl)c1.Cc1cccc(C(=O)Nc2ccc(C)c(I)c2)c1. The van der Waals surface area contributed by atoms with E-state index in [0.29, 0.717) is 11.1 Å². The van der Waals surface area contributed by atoms with Crippen LogP contribution in [-0.4, -0.2) is 11.1 Å². The first-order valence-electron chi connectivity index (χ1n) is 11.4. The van der Waals surface area contributed by atoms with Crippen molar-refractivity contribution in [3.05, 3.63) is 125 Å². The monoisotopic (exact) mass is 738 g/mol. The van der Waals surface area contributed by atoms with Crippen molar-refractivity contribution >= 4 is 79.3 Å². The van der Waals surface area contributed by atoms with E-state index in [2.05, 4.69) is 57.4 Å². The summed E-state index contributed by atoms with van der Waals surface area (Å²) in [5.41, 5.74) is 13.1. The first-order valence-corrected chi connectivity index (χ1v) is 13.9. The van der Waals surface area contributed by atoms with Crippen molar-refractivity contribution in [2.45, 2.75) is 27.7 Å². The predicted octanol–water partition coefficient (Wildman–Crippen LogP) is 8.72. The second kappa shape index (κ2) is 15.1. The summed E-state index contributed by atoms with van der Waals surface area (Å²) < 4.78 is 2.38. The molecule has 0 heterocycles. The van der Waals surface area contributed by atoms with Gasteiger partial charge in [-0.25, -0.2) is 0 Å². The second-order valence-corrected chi connectivity index (χ2v) is 11.1. The predicted molar refractivity (Wildman–Crippen MR) is 173 cm³/mol. The van der Waals surface area contributed by atoms with E-state index in [1.165, 1.54) is 14.7 Å². The van der Waals surface area contributed by atoms with E-state index in [9.17, 15) is 9.59 Å². The minimum absolute atomic E-state index is 0.0710. The van der Waals surface area contributed by atoms with Crippen LogP contribution in [0.2, 0.25) is 0 Å². The van der Waals surface area contributed by atoms with Crippen molar-refractivity contribution in [1.29, 1.82) is 0 Å². The molecule has 7 heteroatoms. The number of nitrogen functional groups attached to an aromatic ring is 1. The van der Waals surface area contributed by atoms with Gasteiger partial charge in [0.05, 0.1) is 0 Å². The summed E-state index contributed by atoms with van der Waals surface area (Å²) in [4.78, 5) is 22.6. The van der Waals surface area contributed by atoms with Crippen molar-refractivity contribution in [1.82, 2.24) is 0 Å². The Morgan fingerprint density at radius 1 is 0.703 bits per heavy atom. The molecule has 0 spiro atoms.